The third-order valence-corrected chi connectivity index (χ3v) is 4.82. The highest BCUT2D eigenvalue weighted by molar-refractivity contribution is 5.96. The molecule has 0 aliphatic carbocycles. The number of carbonyl (C=O) groups is 1. The normalized spacial score (nSPS) is 17.3. The standard InChI is InChI=1S/C21H21N3O2/c1-14(2)15-8-10-18(11-9-15)24-13-17(12-19(24)25)21-22-20(23-26-21)16-6-4-3-5-7-16/h3-11,14,17H,12-13H2,1-2H3/t17-/m1/s1. The SMILES string of the molecule is CC(C)c1ccc(N2C[C@H](c3nc(-c4ccccc4)no3)CC2=O)cc1. The summed E-state index contributed by atoms with van der Waals surface area (Å²) in [6, 6.07) is 17.9. The lowest BCUT2D eigenvalue weighted by atomic mass is 10.0. The van der Waals surface area contributed by atoms with Crippen molar-refractivity contribution in [2.75, 3.05) is 11.4 Å². The van der Waals surface area contributed by atoms with E-state index in [9.17, 15) is 4.79 Å². The second kappa shape index (κ2) is 6.75. The number of rotatable bonds is 4. The minimum atomic E-state index is -0.0720. The summed E-state index contributed by atoms with van der Waals surface area (Å²) in [4.78, 5) is 18.8. The Morgan fingerprint density at radius 2 is 1.81 bits per heavy atom. The van der Waals surface area contributed by atoms with Crippen LogP contribution in [0.1, 0.15) is 43.6 Å². The summed E-state index contributed by atoms with van der Waals surface area (Å²) in [5.41, 5.74) is 3.10. The molecule has 1 aliphatic rings. The van der Waals surface area contributed by atoms with Gasteiger partial charge in [0.2, 0.25) is 17.6 Å². The number of benzene rings is 2. The largest absolute Gasteiger partial charge is 0.339 e. The number of hydrogen-bond donors (Lipinski definition) is 0. The maximum atomic E-state index is 12.5. The van der Waals surface area contributed by atoms with Gasteiger partial charge < -0.3 is 9.42 Å². The van der Waals surface area contributed by atoms with Gasteiger partial charge in [0, 0.05) is 24.2 Å². The third kappa shape index (κ3) is 3.12. The number of nitrogens with zero attached hydrogens (tertiary/aromatic N) is 3. The second-order valence-corrected chi connectivity index (χ2v) is 6.97. The molecule has 0 bridgehead atoms. The Kier molecular flexibility index (Phi) is 4.29. The van der Waals surface area contributed by atoms with Crippen LogP contribution in [0.5, 0.6) is 0 Å². The van der Waals surface area contributed by atoms with Crippen LogP contribution < -0.4 is 4.90 Å². The predicted octanol–water partition coefficient (Wildman–Crippen LogP) is 4.38. The molecule has 0 saturated carbocycles. The molecule has 2 heterocycles. The molecule has 3 aromatic rings. The molecular formula is C21H21N3O2. The fourth-order valence-corrected chi connectivity index (χ4v) is 3.27. The Bertz CT molecular complexity index is 901. The first-order chi connectivity index (χ1) is 12.6. The van der Waals surface area contributed by atoms with Gasteiger partial charge in [-0.25, -0.2) is 0 Å². The van der Waals surface area contributed by atoms with E-state index in [1.165, 1.54) is 5.56 Å². The quantitative estimate of drug-likeness (QED) is 0.703. The number of carbonyl (C=O) groups excluding carboxylic acids is 1. The maximum Gasteiger partial charge on any atom is 0.232 e. The molecule has 26 heavy (non-hydrogen) atoms. The van der Waals surface area contributed by atoms with Crippen molar-refractivity contribution in [2.45, 2.75) is 32.1 Å². The molecule has 5 nitrogen and oxygen atoms in total. The van der Waals surface area contributed by atoms with E-state index in [1.807, 2.05) is 42.5 Å². The number of hydrogen-bond acceptors (Lipinski definition) is 4. The second-order valence-electron chi connectivity index (χ2n) is 6.97. The van der Waals surface area contributed by atoms with E-state index in [2.05, 4.69) is 36.1 Å². The van der Waals surface area contributed by atoms with Gasteiger partial charge in [-0.15, -0.1) is 0 Å². The van der Waals surface area contributed by atoms with Crippen molar-refractivity contribution in [1.82, 2.24) is 10.1 Å². The van der Waals surface area contributed by atoms with E-state index < -0.39 is 0 Å². The lowest BCUT2D eigenvalue weighted by Gasteiger charge is -2.17. The molecule has 1 atom stereocenters. The lowest BCUT2D eigenvalue weighted by Crippen LogP contribution is -2.24. The zero-order valence-electron chi connectivity index (χ0n) is 14.9. The van der Waals surface area contributed by atoms with Gasteiger partial charge in [-0.3, -0.25) is 4.79 Å². The average molecular weight is 347 g/mol. The van der Waals surface area contributed by atoms with Crippen LogP contribution in [0.25, 0.3) is 11.4 Å². The van der Waals surface area contributed by atoms with Crippen molar-refractivity contribution < 1.29 is 9.32 Å². The monoisotopic (exact) mass is 347 g/mol. The predicted molar refractivity (Wildman–Crippen MR) is 100.0 cm³/mol. The Hall–Kier alpha value is -2.95. The molecule has 4 rings (SSSR count). The molecule has 1 amide bonds. The highest BCUT2D eigenvalue weighted by atomic mass is 16.5. The smallest absolute Gasteiger partial charge is 0.232 e. The molecule has 0 N–H and O–H groups in total. The molecule has 5 heteroatoms. The van der Waals surface area contributed by atoms with Crippen molar-refractivity contribution in [2.24, 2.45) is 0 Å². The summed E-state index contributed by atoms with van der Waals surface area (Å²) in [6.07, 6.45) is 0.391. The van der Waals surface area contributed by atoms with Gasteiger partial charge in [0.25, 0.3) is 0 Å². The van der Waals surface area contributed by atoms with E-state index in [0.717, 1.165) is 11.3 Å². The van der Waals surface area contributed by atoms with Crippen LogP contribution in [-0.4, -0.2) is 22.6 Å². The first-order valence-electron chi connectivity index (χ1n) is 8.91. The molecule has 0 spiro atoms. The van der Waals surface area contributed by atoms with Gasteiger partial charge in [0.05, 0.1) is 5.92 Å². The molecular weight excluding hydrogens is 326 g/mol. The zero-order chi connectivity index (χ0) is 18.1. The van der Waals surface area contributed by atoms with Crippen LogP contribution in [0, 0.1) is 0 Å². The van der Waals surface area contributed by atoms with Crippen LogP contribution in [0.3, 0.4) is 0 Å². The van der Waals surface area contributed by atoms with Crippen LogP contribution in [0.4, 0.5) is 5.69 Å². The summed E-state index contributed by atoms with van der Waals surface area (Å²) < 4.78 is 5.45. The Balaban J connectivity index is 1.52. The maximum absolute atomic E-state index is 12.5. The van der Waals surface area contributed by atoms with Crippen LogP contribution >= 0.6 is 0 Å². The number of amides is 1. The van der Waals surface area contributed by atoms with Crippen LogP contribution in [0.2, 0.25) is 0 Å². The van der Waals surface area contributed by atoms with E-state index in [-0.39, 0.29) is 11.8 Å². The minimum Gasteiger partial charge on any atom is -0.339 e. The molecule has 0 radical (unpaired) electrons. The molecule has 0 unspecified atom stereocenters. The van der Waals surface area contributed by atoms with Crippen molar-refractivity contribution in [3.63, 3.8) is 0 Å². The van der Waals surface area contributed by atoms with Crippen LogP contribution in [-0.2, 0) is 4.79 Å². The van der Waals surface area contributed by atoms with Crippen molar-refractivity contribution in [1.29, 1.82) is 0 Å². The summed E-state index contributed by atoms with van der Waals surface area (Å²) >= 11 is 0. The first kappa shape index (κ1) is 16.5. The lowest BCUT2D eigenvalue weighted by molar-refractivity contribution is -0.117. The van der Waals surface area contributed by atoms with Gasteiger partial charge >= 0.3 is 0 Å². The first-order valence-corrected chi connectivity index (χ1v) is 8.91. The molecule has 2 aromatic carbocycles. The fraction of sp³-hybridized carbons (Fsp3) is 0.286. The number of anilines is 1. The summed E-state index contributed by atoms with van der Waals surface area (Å²) in [5, 5.41) is 4.07. The highest BCUT2D eigenvalue weighted by Crippen LogP contribution is 2.32. The topological polar surface area (TPSA) is 59.2 Å². The van der Waals surface area contributed by atoms with E-state index in [4.69, 9.17) is 4.52 Å². The minimum absolute atomic E-state index is 0.0720. The van der Waals surface area contributed by atoms with Gasteiger partial charge in [-0.2, -0.15) is 4.98 Å². The van der Waals surface area contributed by atoms with Gasteiger partial charge in [0.15, 0.2) is 0 Å². The van der Waals surface area contributed by atoms with Crippen LogP contribution in [0.15, 0.2) is 59.1 Å². The summed E-state index contributed by atoms with van der Waals surface area (Å²) in [5.74, 6) is 1.58. The van der Waals surface area contributed by atoms with Crippen molar-refractivity contribution in [3.05, 3.63) is 66.1 Å². The van der Waals surface area contributed by atoms with Gasteiger partial charge in [-0.1, -0.05) is 61.5 Å². The van der Waals surface area contributed by atoms with Crippen molar-refractivity contribution in [3.8, 4) is 11.4 Å². The Morgan fingerprint density at radius 3 is 2.50 bits per heavy atom. The molecule has 1 fully saturated rings. The fourth-order valence-electron chi connectivity index (χ4n) is 3.27. The molecule has 1 aliphatic heterocycles. The van der Waals surface area contributed by atoms with Gasteiger partial charge in [0.1, 0.15) is 0 Å². The zero-order valence-corrected chi connectivity index (χ0v) is 14.9. The Morgan fingerprint density at radius 1 is 1.08 bits per heavy atom. The highest BCUT2D eigenvalue weighted by Gasteiger charge is 2.35. The molecule has 132 valence electrons. The summed E-state index contributed by atoms with van der Waals surface area (Å²) in [6.45, 7) is 4.88. The van der Waals surface area contributed by atoms with E-state index in [1.54, 1.807) is 4.90 Å². The average Bonchev–Trinajstić information content (AvgIpc) is 3.29. The molecule has 1 saturated heterocycles. The van der Waals surface area contributed by atoms with E-state index in [0.29, 0.717) is 30.6 Å². The van der Waals surface area contributed by atoms with Gasteiger partial charge in [-0.05, 0) is 23.6 Å². The number of aromatic nitrogens is 2. The summed E-state index contributed by atoms with van der Waals surface area (Å²) in [7, 11) is 0. The van der Waals surface area contributed by atoms with E-state index >= 15 is 0 Å². The Labute approximate surface area is 152 Å². The third-order valence-electron chi connectivity index (χ3n) is 4.82. The van der Waals surface area contributed by atoms with Crippen molar-refractivity contribution >= 4 is 11.6 Å². The molecule has 1 aromatic heterocycles.